The molecule has 0 bridgehead atoms. The van der Waals surface area contributed by atoms with Gasteiger partial charge in [-0.3, -0.25) is 0 Å². The summed E-state index contributed by atoms with van der Waals surface area (Å²) < 4.78 is 22.8. The van der Waals surface area contributed by atoms with Gasteiger partial charge in [-0.1, -0.05) is 91.0 Å². The van der Waals surface area contributed by atoms with Crippen molar-refractivity contribution in [1.82, 2.24) is 0 Å². The minimum absolute atomic E-state index is 0.247. The monoisotopic (exact) mass is 612 g/mol. The molecule has 0 aromatic heterocycles. The van der Waals surface area contributed by atoms with Gasteiger partial charge >= 0.3 is 17.9 Å². The summed E-state index contributed by atoms with van der Waals surface area (Å²) in [5.41, 5.74) is 0.824. The van der Waals surface area contributed by atoms with Crippen LogP contribution in [0.2, 0.25) is 0 Å². The van der Waals surface area contributed by atoms with Crippen molar-refractivity contribution in [1.29, 1.82) is 0 Å². The number of hydrogen-bond donors (Lipinski definition) is 1. The van der Waals surface area contributed by atoms with Gasteiger partial charge in [-0.15, -0.1) is 0 Å². The van der Waals surface area contributed by atoms with Crippen LogP contribution in [-0.2, 0) is 18.9 Å². The molecule has 1 heterocycles. The van der Waals surface area contributed by atoms with E-state index in [2.05, 4.69) is 0 Å². The van der Waals surface area contributed by atoms with E-state index in [0.29, 0.717) is 5.56 Å². The van der Waals surface area contributed by atoms with Crippen LogP contribution in [0.15, 0.2) is 127 Å². The summed E-state index contributed by atoms with van der Waals surface area (Å²) in [6, 6.07) is 38.1. The van der Waals surface area contributed by atoms with Crippen LogP contribution < -0.4 is 0 Å². The highest BCUT2D eigenvalue weighted by molar-refractivity contribution is 5.97. The highest BCUT2D eigenvalue weighted by Gasteiger charge is 2.50. The summed E-state index contributed by atoms with van der Waals surface area (Å²) in [4.78, 5) is 39.7. The molecule has 46 heavy (non-hydrogen) atoms. The number of rotatable bonds is 7. The number of aliphatic hydroxyl groups is 1. The van der Waals surface area contributed by atoms with Crippen molar-refractivity contribution in [3.63, 3.8) is 0 Å². The van der Waals surface area contributed by atoms with Gasteiger partial charge in [0.05, 0.1) is 16.7 Å². The van der Waals surface area contributed by atoms with Crippen molar-refractivity contribution in [2.75, 3.05) is 6.61 Å². The minimum atomic E-state index is -1.65. The zero-order valence-corrected chi connectivity index (χ0v) is 24.4. The number of ether oxygens (including phenoxy) is 4. The van der Waals surface area contributed by atoms with Gasteiger partial charge in [0.1, 0.15) is 12.7 Å². The molecule has 228 valence electrons. The molecule has 0 aliphatic carbocycles. The Bertz CT molecular complexity index is 2100. The first-order valence-corrected chi connectivity index (χ1v) is 14.8. The Morgan fingerprint density at radius 2 is 0.913 bits per heavy atom. The van der Waals surface area contributed by atoms with Gasteiger partial charge in [-0.05, 0) is 68.7 Å². The molecule has 4 atom stereocenters. The zero-order valence-electron chi connectivity index (χ0n) is 24.4. The van der Waals surface area contributed by atoms with Crippen molar-refractivity contribution in [3.8, 4) is 0 Å². The van der Waals surface area contributed by atoms with Crippen molar-refractivity contribution in [3.05, 3.63) is 144 Å². The highest BCUT2D eigenvalue weighted by Crippen LogP contribution is 2.29. The lowest BCUT2D eigenvalue weighted by Gasteiger charge is -2.23. The third-order valence-electron chi connectivity index (χ3n) is 8.11. The van der Waals surface area contributed by atoms with Gasteiger partial charge in [0, 0.05) is 0 Å². The summed E-state index contributed by atoms with van der Waals surface area (Å²) in [7, 11) is 0. The zero-order chi connectivity index (χ0) is 31.6. The third-order valence-corrected chi connectivity index (χ3v) is 8.11. The molecule has 6 aromatic rings. The molecule has 1 N–H and O–H groups in total. The Labute approximate surface area is 263 Å². The summed E-state index contributed by atoms with van der Waals surface area (Å²) >= 11 is 0. The lowest BCUT2D eigenvalue weighted by molar-refractivity contribution is -0.135. The van der Waals surface area contributed by atoms with E-state index in [-0.39, 0.29) is 17.7 Å². The van der Waals surface area contributed by atoms with Crippen LogP contribution in [0.4, 0.5) is 0 Å². The second kappa shape index (κ2) is 12.4. The fraction of sp³-hybridized carbons (Fsp3) is 0.132. The van der Waals surface area contributed by atoms with Crippen molar-refractivity contribution < 1.29 is 38.4 Å². The number of carbonyl (C=O) groups is 3. The van der Waals surface area contributed by atoms with Gasteiger partial charge in [0.15, 0.2) is 18.5 Å². The summed E-state index contributed by atoms with van der Waals surface area (Å²) in [5, 5.41) is 16.3. The fourth-order valence-electron chi connectivity index (χ4n) is 5.68. The fourth-order valence-corrected chi connectivity index (χ4v) is 5.68. The number of aliphatic hydroxyl groups excluding tert-OH is 1. The van der Waals surface area contributed by atoms with Crippen molar-refractivity contribution in [2.24, 2.45) is 0 Å². The molecular formula is C38H28O8. The average Bonchev–Trinajstić information content (AvgIpc) is 3.38. The van der Waals surface area contributed by atoms with E-state index in [4.69, 9.17) is 18.9 Å². The molecule has 0 amide bonds. The predicted octanol–water partition coefficient (Wildman–Crippen LogP) is 6.47. The van der Waals surface area contributed by atoms with Gasteiger partial charge in [-0.2, -0.15) is 0 Å². The predicted molar refractivity (Wildman–Crippen MR) is 171 cm³/mol. The maximum Gasteiger partial charge on any atom is 0.338 e. The van der Waals surface area contributed by atoms with Gasteiger partial charge < -0.3 is 24.1 Å². The molecule has 6 aromatic carbocycles. The topological polar surface area (TPSA) is 108 Å². The molecule has 8 nitrogen and oxygen atoms in total. The van der Waals surface area contributed by atoms with Gasteiger partial charge in [0.25, 0.3) is 0 Å². The van der Waals surface area contributed by atoms with Crippen molar-refractivity contribution >= 4 is 50.2 Å². The molecule has 4 unspecified atom stereocenters. The molecule has 1 fully saturated rings. The van der Waals surface area contributed by atoms with Gasteiger partial charge in [-0.25, -0.2) is 14.4 Å². The van der Waals surface area contributed by atoms with Crippen LogP contribution in [0.1, 0.15) is 31.1 Å². The molecule has 7 rings (SSSR count). The molecular weight excluding hydrogens is 584 g/mol. The maximum atomic E-state index is 13.4. The standard InChI is InChI=1S/C38H28O8/c39-35(29-16-13-23-7-1-4-10-26(23)19-29)43-22-32-33(45-36(40)30-17-14-24-8-2-5-11-27(24)20-30)34(38(42)44-32)46-37(41)31-18-15-25-9-3-6-12-28(25)21-31/h1-21,32-34,38,42H,22H2. The average molecular weight is 613 g/mol. The summed E-state index contributed by atoms with van der Waals surface area (Å²) in [5.74, 6) is -2.08. The SMILES string of the molecule is O=C(OCC1OC(O)C(OC(=O)c2ccc3ccccc3c2)C1OC(=O)c1ccc2ccccc2c1)c1ccc2ccccc2c1. The Morgan fingerprint density at radius 1 is 0.522 bits per heavy atom. The van der Waals surface area contributed by atoms with E-state index in [0.717, 1.165) is 32.3 Å². The van der Waals surface area contributed by atoms with E-state index in [9.17, 15) is 19.5 Å². The summed E-state index contributed by atoms with van der Waals surface area (Å²) in [6.45, 7) is -0.373. The van der Waals surface area contributed by atoms with Crippen LogP contribution >= 0.6 is 0 Å². The van der Waals surface area contributed by atoms with E-state index in [1.807, 2.05) is 78.9 Å². The Hall–Kier alpha value is -5.57. The normalized spacial score (nSPS) is 19.2. The van der Waals surface area contributed by atoms with E-state index in [1.54, 1.807) is 48.5 Å². The van der Waals surface area contributed by atoms with Crippen LogP contribution in [0.25, 0.3) is 32.3 Å². The number of fused-ring (bicyclic) bond motifs is 3. The molecule has 1 saturated heterocycles. The lowest BCUT2D eigenvalue weighted by Crippen LogP contribution is -2.42. The maximum absolute atomic E-state index is 13.4. The molecule has 0 radical (unpaired) electrons. The summed E-state index contributed by atoms with van der Waals surface area (Å²) in [6.07, 6.45) is -5.46. The number of carbonyl (C=O) groups excluding carboxylic acids is 3. The van der Waals surface area contributed by atoms with Crippen LogP contribution in [0.3, 0.4) is 0 Å². The molecule has 1 aliphatic heterocycles. The Morgan fingerprint density at radius 3 is 1.37 bits per heavy atom. The van der Waals surface area contributed by atoms with Gasteiger partial charge in [0.2, 0.25) is 0 Å². The van der Waals surface area contributed by atoms with E-state index >= 15 is 0 Å². The van der Waals surface area contributed by atoms with Crippen molar-refractivity contribution in [2.45, 2.75) is 24.6 Å². The second-order valence-corrected chi connectivity index (χ2v) is 11.1. The van der Waals surface area contributed by atoms with Crippen LogP contribution in [0.5, 0.6) is 0 Å². The number of esters is 3. The second-order valence-electron chi connectivity index (χ2n) is 11.1. The molecule has 0 saturated carbocycles. The first-order chi connectivity index (χ1) is 22.4. The van der Waals surface area contributed by atoms with E-state index in [1.165, 1.54) is 0 Å². The minimum Gasteiger partial charge on any atom is -0.459 e. The quantitative estimate of drug-likeness (QED) is 0.161. The third kappa shape index (κ3) is 5.91. The van der Waals surface area contributed by atoms with E-state index < -0.39 is 42.5 Å². The molecule has 8 heteroatoms. The van der Waals surface area contributed by atoms with Crippen LogP contribution in [0, 0.1) is 0 Å². The number of benzene rings is 6. The lowest BCUT2D eigenvalue weighted by atomic mass is 10.1. The number of hydrogen-bond acceptors (Lipinski definition) is 8. The molecule has 1 aliphatic rings. The largest absolute Gasteiger partial charge is 0.459 e. The first kappa shape index (κ1) is 29.2. The highest BCUT2D eigenvalue weighted by atomic mass is 16.7. The smallest absolute Gasteiger partial charge is 0.338 e. The first-order valence-electron chi connectivity index (χ1n) is 14.8. The van der Waals surface area contributed by atoms with Crippen LogP contribution in [-0.4, -0.2) is 54.2 Å². The Kier molecular flexibility index (Phi) is 7.88. The Balaban J connectivity index is 1.13. The molecule has 0 spiro atoms.